The number of halogens is 1. The van der Waals surface area contributed by atoms with Gasteiger partial charge in [0.1, 0.15) is 0 Å². The molecule has 1 amide bonds. The van der Waals surface area contributed by atoms with E-state index in [9.17, 15) is 4.79 Å². The predicted octanol–water partition coefficient (Wildman–Crippen LogP) is 1.81. The van der Waals surface area contributed by atoms with Gasteiger partial charge in [-0.3, -0.25) is 9.78 Å². The monoisotopic (exact) mass is 251 g/mol. The molecule has 4 nitrogen and oxygen atoms in total. The van der Waals surface area contributed by atoms with Crippen LogP contribution in [0.1, 0.15) is 19.3 Å². The average Bonchev–Trinajstić information content (AvgIpc) is 2.94. The molecule has 3 heterocycles. The fourth-order valence-corrected chi connectivity index (χ4v) is 2.96. The highest BCUT2D eigenvalue weighted by molar-refractivity contribution is 6.33. The third-order valence-electron chi connectivity index (χ3n) is 3.66. The first kappa shape index (κ1) is 11.0. The third-order valence-corrected chi connectivity index (χ3v) is 3.99. The molecule has 0 aliphatic carbocycles. The van der Waals surface area contributed by atoms with Crippen molar-refractivity contribution in [1.29, 1.82) is 0 Å². The summed E-state index contributed by atoms with van der Waals surface area (Å²) < 4.78 is 0. The summed E-state index contributed by atoms with van der Waals surface area (Å²) in [5.74, 6) is 0.129. The van der Waals surface area contributed by atoms with E-state index in [1.54, 1.807) is 18.5 Å². The van der Waals surface area contributed by atoms with Crippen LogP contribution in [0.25, 0.3) is 0 Å². The van der Waals surface area contributed by atoms with Crippen molar-refractivity contribution in [3.05, 3.63) is 23.5 Å². The Morgan fingerprint density at radius 3 is 3.06 bits per heavy atom. The molecule has 90 valence electrons. The lowest BCUT2D eigenvalue weighted by Crippen LogP contribution is -2.32. The standard InChI is InChI=1S/C12H14ClN3O/c13-9-3-4-14-6-11(9)16-12(17)8-5-7-1-2-10(8)15-7/h3-4,6-8,10,15H,1-2,5H2,(H,16,17). The van der Waals surface area contributed by atoms with Gasteiger partial charge in [-0.2, -0.15) is 0 Å². The van der Waals surface area contributed by atoms with Crippen LogP contribution in [0.5, 0.6) is 0 Å². The van der Waals surface area contributed by atoms with Gasteiger partial charge in [-0.1, -0.05) is 11.6 Å². The Hall–Kier alpha value is -1.13. The van der Waals surface area contributed by atoms with Crippen molar-refractivity contribution < 1.29 is 4.79 Å². The fourth-order valence-electron chi connectivity index (χ4n) is 2.81. The van der Waals surface area contributed by atoms with Crippen LogP contribution >= 0.6 is 11.6 Å². The number of carbonyl (C=O) groups is 1. The quantitative estimate of drug-likeness (QED) is 0.843. The van der Waals surface area contributed by atoms with E-state index in [2.05, 4.69) is 15.6 Å². The van der Waals surface area contributed by atoms with Crippen LogP contribution in [0.2, 0.25) is 5.02 Å². The SMILES string of the molecule is O=C(Nc1cnccc1Cl)C1CC2CCC1N2. The summed E-state index contributed by atoms with van der Waals surface area (Å²) in [7, 11) is 0. The first-order valence-electron chi connectivity index (χ1n) is 5.90. The number of anilines is 1. The van der Waals surface area contributed by atoms with Crippen molar-refractivity contribution >= 4 is 23.2 Å². The molecule has 1 aromatic heterocycles. The van der Waals surface area contributed by atoms with Gasteiger partial charge in [0, 0.05) is 18.3 Å². The number of nitrogens with one attached hydrogen (secondary N) is 2. The van der Waals surface area contributed by atoms with Crippen LogP contribution in [0.15, 0.2) is 18.5 Å². The van der Waals surface area contributed by atoms with Crippen LogP contribution in [-0.4, -0.2) is 23.0 Å². The van der Waals surface area contributed by atoms with Crippen molar-refractivity contribution in [3.63, 3.8) is 0 Å². The summed E-state index contributed by atoms with van der Waals surface area (Å²) in [6.45, 7) is 0. The molecule has 2 saturated heterocycles. The zero-order chi connectivity index (χ0) is 11.8. The van der Waals surface area contributed by atoms with Gasteiger partial charge in [-0.15, -0.1) is 0 Å². The second-order valence-corrected chi connectivity index (χ2v) is 5.14. The van der Waals surface area contributed by atoms with E-state index in [1.807, 2.05) is 0 Å². The molecule has 0 aromatic carbocycles. The fraction of sp³-hybridized carbons (Fsp3) is 0.500. The van der Waals surface area contributed by atoms with Crippen LogP contribution < -0.4 is 10.6 Å². The Kier molecular flexibility index (Phi) is 2.76. The number of aromatic nitrogens is 1. The van der Waals surface area contributed by atoms with E-state index in [0.717, 1.165) is 12.8 Å². The maximum absolute atomic E-state index is 12.1. The normalized spacial score (nSPS) is 30.5. The van der Waals surface area contributed by atoms with Gasteiger partial charge in [-0.05, 0) is 25.3 Å². The van der Waals surface area contributed by atoms with Crippen molar-refractivity contribution in [2.45, 2.75) is 31.3 Å². The number of rotatable bonds is 2. The van der Waals surface area contributed by atoms with E-state index in [0.29, 0.717) is 22.8 Å². The molecule has 2 aliphatic heterocycles. The second-order valence-electron chi connectivity index (χ2n) is 4.73. The minimum Gasteiger partial charge on any atom is -0.323 e. The van der Waals surface area contributed by atoms with Crippen LogP contribution in [0.4, 0.5) is 5.69 Å². The minimum absolute atomic E-state index is 0.0552. The molecule has 2 N–H and O–H groups in total. The Balaban J connectivity index is 1.70. The summed E-state index contributed by atoms with van der Waals surface area (Å²) in [5, 5.41) is 6.85. The summed E-state index contributed by atoms with van der Waals surface area (Å²) >= 11 is 5.98. The number of carbonyl (C=O) groups excluding carboxylic acids is 1. The van der Waals surface area contributed by atoms with Crippen molar-refractivity contribution in [1.82, 2.24) is 10.3 Å². The van der Waals surface area contributed by atoms with Gasteiger partial charge < -0.3 is 10.6 Å². The first-order valence-corrected chi connectivity index (χ1v) is 6.28. The van der Waals surface area contributed by atoms with Gasteiger partial charge in [0.15, 0.2) is 0 Å². The average molecular weight is 252 g/mol. The number of hydrogen-bond donors (Lipinski definition) is 2. The molecule has 0 radical (unpaired) electrons. The van der Waals surface area contributed by atoms with Crippen molar-refractivity contribution in [2.24, 2.45) is 5.92 Å². The summed E-state index contributed by atoms with van der Waals surface area (Å²) in [4.78, 5) is 16.1. The lowest BCUT2D eigenvalue weighted by Gasteiger charge is -2.19. The first-order chi connectivity index (χ1) is 8.24. The zero-order valence-corrected chi connectivity index (χ0v) is 10.1. The molecule has 3 atom stereocenters. The Morgan fingerprint density at radius 2 is 2.41 bits per heavy atom. The Labute approximate surface area is 105 Å². The topological polar surface area (TPSA) is 54.0 Å². The highest BCUT2D eigenvalue weighted by Crippen LogP contribution is 2.34. The summed E-state index contributed by atoms with van der Waals surface area (Å²) in [5.41, 5.74) is 0.599. The Morgan fingerprint density at radius 1 is 1.53 bits per heavy atom. The smallest absolute Gasteiger partial charge is 0.229 e. The second kappa shape index (κ2) is 4.27. The molecule has 2 bridgehead atoms. The molecular weight excluding hydrogens is 238 g/mol. The number of fused-ring (bicyclic) bond motifs is 2. The van der Waals surface area contributed by atoms with Crippen LogP contribution in [0, 0.1) is 5.92 Å². The van der Waals surface area contributed by atoms with Gasteiger partial charge in [-0.25, -0.2) is 0 Å². The number of nitrogens with zero attached hydrogens (tertiary/aromatic N) is 1. The van der Waals surface area contributed by atoms with Crippen molar-refractivity contribution in [2.75, 3.05) is 5.32 Å². The van der Waals surface area contributed by atoms with Gasteiger partial charge in [0.2, 0.25) is 5.91 Å². The largest absolute Gasteiger partial charge is 0.323 e. The maximum Gasteiger partial charge on any atom is 0.229 e. The van der Waals surface area contributed by atoms with Gasteiger partial charge in [0.05, 0.1) is 22.8 Å². The number of pyridine rings is 1. The molecule has 17 heavy (non-hydrogen) atoms. The van der Waals surface area contributed by atoms with Gasteiger partial charge >= 0.3 is 0 Å². The molecule has 1 aromatic rings. The molecule has 2 aliphatic rings. The predicted molar refractivity (Wildman–Crippen MR) is 65.9 cm³/mol. The molecule has 0 spiro atoms. The molecule has 3 unspecified atom stereocenters. The molecule has 2 fully saturated rings. The molecule has 5 heteroatoms. The molecule has 3 rings (SSSR count). The number of amides is 1. The van der Waals surface area contributed by atoms with E-state index in [-0.39, 0.29) is 11.8 Å². The van der Waals surface area contributed by atoms with E-state index in [1.165, 1.54) is 6.42 Å². The zero-order valence-electron chi connectivity index (χ0n) is 9.32. The lowest BCUT2D eigenvalue weighted by molar-refractivity contribution is -0.120. The van der Waals surface area contributed by atoms with Gasteiger partial charge in [0.25, 0.3) is 0 Å². The number of hydrogen-bond acceptors (Lipinski definition) is 3. The highest BCUT2D eigenvalue weighted by Gasteiger charge is 2.42. The van der Waals surface area contributed by atoms with Crippen LogP contribution in [-0.2, 0) is 4.79 Å². The Bertz CT molecular complexity index is 451. The van der Waals surface area contributed by atoms with Crippen LogP contribution in [0.3, 0.4) is 0 Å². The minimum atomic E-state index is 0.0552. The third kappa shape index (κ3) is 2.03. The van der Waals surface area contributed by atoms with Crippen molar-refractivity contribution in [3.8, 4) is 0 Å². The molecule has 0 saturated carbocycles. The highest BCUT2D eigenvalue weighted by atomic mass is 35.5. The lowest BCUT2D eigenvalue weighted by atomic mass is 9.88. The summed E-state index contributed by atoms with van der Waals surface area (Å²) in [6, 6.07) is 2.55. The van der Waals surface area contributed by atoms with E-state index in [4.69, 9.17) is 11.6 Å². The summed E-state index contributed by atoms with van der Waals surface area (Å²) in [6.07, 6.45) is 6.43. The van der Waals surface area contributed by atoms with E-state index < -0.39 is 0 Å². The molecular formula is C12H14ClN3O. The maximum atomic E-state index is 12.1. The van der Waals surface area contributed by atoms with E-state index >= 15 is 0 Å².